The van der Waals surface area contributed by atoms with Crippen LogP contribution in [0.4, 0.5) is 31.1 Å². The highest BCUT2D eigenvalue weighted by atomic mass is 19.4. The molecular formula is C28H32F6N4O4. The van der Waals surface area contributed by atoms with E-state index in [-0.39, 0.29) is 44.5 Å². The number of carbonyl (C=O) groups excluding carboxylic acids is 2. The average molecular weight is 603 g/mol. The lowest BCUT2D eigenvalue weighted by atomic mass is 9.74. The van der Waals surface area contributed by atoms with E-state index in [1.54, 1.807) is 25.1 Å². The summed E-state index contributed by atoms with van der Waals surface area (Å²) >= 11 is 0. The molecule has 0 radical (unpaired) electrons. The molecule has 2 saturated heterocycles. The molecule has 230 valence electrons. The SMILES string of the molecule is CCOC(=O)C[C@]1(N2CNNC2=O)CC[C@@](CO[C@H](C)c2cc(C(F)(F)F)cc(C(F)(F)F)c2)(c2ccccc2)NC1. The molecule has 0 aromatic heterocycles. The number of hydrogen-bond donors (Lipinski definition) is 3. The molecule has 3 N–H and O–H groups in total. The van der Waals surface area contributed by atoms with Crippen molar-refractivity contribution in [3.8, 4) is 0 Å². The lowest BCUT2D eigenvalue weighted by molar-refractivity contribution is -0.147. The zero-order valence-electron chi connectivity index (χ0n) is 23.0. The fraction of sp³-hybridized carbons (Fsp3) is 0.500. The van der Waals surface area contributed by atoms with E-state index in [0.29, 0.717) is 25.0 Å². The second-order valence-corrected chi connectivity index (χ2v) is 10.5. The number of esters is 1. The van der Waals surface area contributed by atoms with Gasteiger partial charge in [0.05, 0.1) is 54.6 Å². The van der Waals surface area contributed by atoms with Crippen LogP contribution in [-0.2, 0) is 32.2 Å². The Kier molecular flexibility index (Phi) is 9.09. The average Bonchev–Trinajstić information content (AvgIpc) is 3.38. The van der Waals surface area contributed by atoms with Crippen molar-refractivity contribution >= 4 is 12.0 Å². The number of hydrogen-bond acceptors (Lipinski definition) is 6. The molecule has 0 saturated carbocycles. The Morgan fingerprint density at radius 3 is 2.17 bits per heavy atom. The minimum Gasteiger partial charge on any atom is -0.466 e. The molecule has 2 heterocycles. The minimum absolute atomic E-state index is 0.0802. The summed E-state index contributed by atoms with van der Waals surface area (Å²) < 4.78 is 91.8. The van der Waals surface area contributed by atoms with Crippen LogP contribution in [0, 0.1) is 0 Å². The number of rotatable bonds is 9. The third-order valence-electron chi connectivity index (χ3n) is 7.79. The first-order chi connectivity index (χ1) is 19.7. The van der Waals surface area contributed by atoms with Crippen molar-refractivity contribution in [1.82, 2.24) is 21.1 Å². The molecule has 2 aromatic carbocycles. The number of halogens is 6. The molecule has 8 nitrogen and oxygen atoms in total. The molecule has 0 bridgehead atoms. The number of hydrazine groups is 1. The zero-order chi connectivity index (χ0) is 30.8. The number of piperidine rings is 1. The van der Waals surface area contributed by atoms with Gasteiger partial charge in [-0.15, -0.1) is 0 Å². The van der Waals surface area contributed by atoms with E-state index in [0.717, 1.165) is 5.56 Å². The topological polar surface area (TPSA) is 91.9 Å². The van der Waals surface area contributed by atoms with Gasteiger partial charge in [0.2, 0.25) is 0 Å². The quantitative estimate of drug-likeness (QED) is 0.268. The van der Waals surface area contributed by atoms with Crippen molar-refractivity contribution in [2.75, 3.05) is 26.4 Å². The van der Waals surface area contributed by atoms with E-state index in [1.165, 1.54) is 11.8 Å². The number of nitrogens with zero attached hydrogens (tertiary/aromatic N) is 1. The molecule has 0 unspecified atom stereocenters. The number of nitrogens with one attached hydrogen (secondary N) is 3. The number of ether oxygens (including phenoxy) is 2. The van der Waals surface area contributed by atoms with Crippen LogP contribution in [0.3, 0.4) is 0 Å². The first kappa shape index (κ1) is 31.6. The smallest absolute Gasteiger partial charge is 0.416 e. The lowest BCUT2D eigenvalue weighted by Gasteiger charge is -2.50. The van der Waals surface area contributed by atoms with E-state index in [1.807, 2.05) is 12.1 Å². The molecular weight excluding hydrogens is 570 g/mol. The second-order valence-electron chi connectivity index (χ2n) is 10.5. The molecule has 2 aromatic rings. The number of benzene rings is 2. The summed E-state index contributed by atoms with van der Waals surface area (Å²) in [5, 5.41) is 3.42. The highest BCUT2D eigenvalue weighted by Gasteiger charge is 2.50. The summed E-state index contributed by atoms with van der Waals surface area (Å²) in [6.07, 6.45) is -10.5. The number of amides is 2. The minimum atomic E-state index is -4.98. The summed E-state index contributed by atoms with van der Waals surface area (Å²) in [7, 11) is 0. The van der Waals surface area contributed by atoms with Gasteiger partial charge >= 0.3 is 24.4 Å². The van der Waals surface area contributed by atoms with Gasteiger partial charge in [-0.2, -0.15) is 26.3 Å². The normalized spacial score (nSPS) is 23.9. The van der Waals surface area contributed by atoms with Gasteiger partial charge in [-0.1, -0.05) is 30.3 Å². The van der Waals surface area contributed by atoms with Gasteiger partial charge in [-0.05, 0) is 56.0 Å². The highest BCUT2D eigenvalue weighted by molar-refractivity contribution is 5.78. The third kappa shape index (κ3) is 6.81. The molecule has 4 rings (SSSR count). The van der Waals surface area contributed by atoms with E-state index in [4.69, 9.17) is 9.47 Å². The molecule has 2 aliphatic heterocycles. The molecule has 42 heavy (non-hydrogen) atoms. The summed E-state index contributed by atoms with van der Waals surface area (Å²) in [6.45, 7) is 3.39. The van der Waals surface area contributed by atoms with Crippen molar-refractivity contribution in [3.63, 3.8) is 0 Å². The fourth-order valence-corrected chi connectivity index (χ4v) is 5.42. The maximum Gasteiger partial charge on any atom is 0.416 e. The van der Waals surface area contributed by atoms with Gasteiger partial charge < -0.3 is 19.7 Å². The Hall–Kier alpha value is -3.36. The Morgan fingerprint density at radius 1 is 1.02 bits per heavy atom. The van der Waals surface area contributed by atoms with Gasteiger partial charge in [0.1, 0.15) is 0 Å². The van der Waals surface area contributed by atoms with Crippen LogP contribution in [0.5, 0.6) is 0 Å². The predicted molar refractivity (Wildman–Crippen MR) is 139 cm³/mol. The van der Waals surface area contributed by atoms with Crippen LogP contribution in [0.25, 0.3) is 0 Å². The fourth-order valence-electron chi connectivity index (χ4n) is 5.42. The summed E-state index contributed by atoms with van der Waals surface area (Å²) in [5.74, 6) is -0.485. The van der Waals surface area contributed by atoms with Crippen LogP contribution in [0.2, 0.25) is 0 Å². The van der Waals surface area contributed by atoms with Crippen molar-refractivity contribution < 1.29 is 45.4 Å². The Morgan fingerprint density at radius 2 is 1.67 bits per heavy atom. The molecule has 0 spiro atoms. The van der Waals surface area contributed by atoms with Gasteiger partial charge in [0, 0.05) is 6.54 Å². The Labute approximate surface area is 238 Å². The van der Waals surface area contributed by atoms with Crippen LogP contribution in [0.15, 0.2) is 48.5 Å². The highest BCUT2D eigenvalue weighted by Crippen LogP contribution is 2.41. The van der Waals surface area contributed by atoms with E-state index in [9.17, 15) is 35.9 Å². The van der Waals surface area contributed by atoms with Crippen LogP contribution in [0.1, 0.15) is 61.5 Å². The van der Waals surface area contributed by atoms with Crippen molar-refractivity contribution in [1.29, 1.82) is 0 Å². The summed E-state index contributed by atoms with van der Waals surface area (Å²) in [6, 6.07) is 10.0. The largest absolute Gasteiger partial charge is 0.466 e. The van der Waals surface area contributed by atoms with Crippen LogP contribution < -0.4 is 16.2 Å². The maximum absolute atomic E-state index is 13.4. The Balaban J connectivity index is 1.62. The van der Waals surface area contributed by atoms with E-state index < -0.39 is 52.7 Å². The zero-order valence-corrected chi connectivity index (χ0v) is 23.0. The molecule has 3 atom stereocenters. The number of alkyl halides is 6. The van der Waals surface area contributed by atoms with Crippen molar-refractivity contribution in [2.45, 2.75) is 62.6 Å². The van der Waals surface area contributed by atoms with E-state index >= 15 is 0 Å². The van der Waals surface area contributed by atoms with Gasteiger partial charge in [0.25, 0.3) is 0 Å². The van der Waals surface area contributed by atoms with Gasteiger partial charge in [-0.25, -0.2) is 10.2 Å². The van der Waals surface area contributed by atoms with Crippen LogP contribution >= 0.6 is 0 Å². The number of carbonyl (C=O) groups is 2. The Bertz CT molecular complexity index is 1230. The first-order valence-corrected chi connectivity index (χ1v) is 13.4. The standard InChI is InChI=1S/C28H32F6N4O4/c1-3-41-23(39)14-25(38-17-36-37-24(38)40)9-10-26(35-15-25,20-7-5-4-6-8-20)16-42-18(2)19-11-21(27(29,30)31)13-22(12-19)28(32,33)34/h4-8,11-13,18,35-36H,3,9-10,14-17H2,1-2H3,(H,37,40)/t18-,25-,26-/m1/s1. The predicted octanol–water partition coefficient (Wildman–Crippen LogP) is 5.26. The number of urea groups is 1. The van der Waals surface area contributed by atoms with E-state index in [2.05, 4.69) is 16.2 Å². The van der Waals surface area contributed by atoms with Gasteiger partial charge in [0.15, 0.2) is 0 Å². The molecule has 0 aliphatic carbocycles. The summed E-state index contributed by atoms with van der Waals surface area (Å²) in [5.41, 5.74) is 1.03. The summed E-state index contributed by atoms with van der Waals surface area (Å²) in [4.78, 5) is 26.7. The molecule has 2 fully saturated rings. The van der Waals surface area contributed by atoms with Crippen molar-refractivity contribution in [2.24, 2.45) is 0 Å². The third-order valence-corrected chi connectivity index (χ3v) is 7.79. The van der Waals surface area contributed by atoms with Gasteiger partial charge in [-0.3, -0.25) is 10.2 Å². The molecule has 14 heteroatoms. The maximum atomic E-state index is 13.4. The molecule has 2 aliphatic rings. The first-order valence-electron chi connectivity index (χ1n) is 13.4. The monoisotopic (exact) mass is 602 g/mol. The van der Waals surface area contributed by atoms with Crippen molar-refractivity contribution in [3.05, 3.63) is 70.8 Å². The lowest BCUT2D eigenvalue weighted by Crippen LogP contribution is -2.65. The molecule has 2 amide bonds. The van der Waals surface area contributed by atoms with Crippen LogP contribution in [-0.4, -0.2) is 48.9 Å². The second kappa shape index (κ2) is 12.1.